The zero-order valence-electron chi connectivity index (χ0n) is 8.81. The first kappa shape index (κ1) is 11.8. The molecule has 0 unspecified atom stereocenters. The normalized spacial score (nSPS) is 10.5. The molecule has 88 valence electrons. The second kappa shape index (κ2) is 4.68. The fourth-order valence-electron chi connectivity index (χ4n) is 1.62. The molecule has 2 aromatic rings. The van der Waals surface area contributed by atoms with Gasteiger partial charge in [-0.1, -0.05) is 15.9 Å². The van der Waals surface area contributed by atoms with Crippen LogP contribution in [0.2, 0.25) is 0 Å². The van der Waals surface area contributed by atoms with Crippen LogP contribution in [0.4, 0.5) is 0 Å². The second-order valence-electron chi connectivity index (χ2n) is 3.54. The molecule has 0 saturated heterocycles. The van der Waals surface area contributed by atoms with Crippen molar-refractivity contribution in [2.24, 2.45) is 5.84 Å². The number of nitrogens with zero attached hydrogens (tertiary/aromatic N) is 1. The highest BCUT2D eigenvalue weighted by atomic mass is 79.9. The van der Waals surface area contributed by atoms with E-state index >= 15 is 0 Å². The molecule has 1 aromatic heterocycles. The van der Waals surface area contributed by atoms with Crippen LogP contribution in [-0.4, -0.2) is 10.5 Å². The second-order valence-corrected chi connectivity index (χ2v) is 4.45. The lowest BCUT2D eigenvalue weighted by molar-refractivity contribution is -0.121. The predicted molar refractivity (Wildman–Crippen MR) is 68.2 cm³/mol. The molecule has 0 atom stereocenters. The van der Waals surface area contributed by atoms with Crippen LogP contribution in [0.15, 0.2) is 39.7 Å². The summed E-state index contributed by atoms with van der Waals surface area (Å²) < 4.78 is 2.49. The van der Waals surface area contributed by atoms with Crippen molar-refractivity contribution in [3.8, 4) is 0 Å². The lowest BCUT2D eigenvalue weighted by Gasteiger charge is -2.09. The standard InChI is InChI=1S/C11H10BrN3O2/c12-7-1-2-9-8(5-7)10(16)3-4-15(9)6-11(17)14-13/h1-5H,6,13H2,(H,14,17). The van der Waals surface area contributed by atoms with Gasteiger partial charge >= 0.3 is 0 Å². The number of nitrogens with two attached hydrogens (primary N) is 1. The van der Waals surface area contributed by atoms with E-state index in [1.165, 1.54) is 6.07 Å². The van der Waals surface area contributed by atoms with Crippen molar-refractivity contribution in [3.05, 3.63) is 45.2 Å². The Balaban J connectivity index is 2.62. The number of amides is 1. The van der Waals surface area contributed by atoms with Gasteiger partial charge in [-0.05, 0) is 18.2 Å². The smallest absolute Gasteiger partial charge is 0.253 e. The van der Waals surface area contributed by atoms with Crippen molar-refractivity contribution >= 4 is 32.7 Å². The third-order valence-corrected chi connectivity index (χ3v) is 2.91. The number of pyridine rings is 1. The minimum absolute atomic E-state index is 0.0780. The van der Waals surface area contributed by atoms with Crippen molar-refractivity contribution < 1.29 is 4.79 Å². The van der Waals surface area contributed by atoms with Gasteiger partial charge in [0.15, 0.2) is 5.43 Å². The lowest BCUT2D eigenvalue weighted by Crippen LogP contribution is -2.33. The summed E-state index contributed by atoms with van der Waals surface area (Å²) in [6, 6.07) is 6.76. The Morgan fingerprint density at radius 1 is 1.41 bits per heavy atom. The fourth-order valence-corrected chi connectivity index (χ4v) is 1.98. The summed E-state index contributed by atoms with van der Waals surface area (Å²) in [6.45, 7) is 0.0783. The molecule has 5 nitrogen and oxygen atoms in total. The summed E-state index contributed by atoms with van der Waals surface area (Å²) in [5.41, 5.74) is 2.68. The van der Waals surface area contributed by atoms with Crippen LogP contribution < -0.4 is 16.7 Å². The number of carbonyl (C=O) groups excluding carboxylic acids is 1. The van der Waals surface area contributed by atoms with Gasteiger partial charge in [0.1, 0.15) is 6.54 Å². The Morgan fingerprint density at radius 2 is 2.18 bits per heavy atom. The number of fused-ring (bicyclic) bond motifs is 1. The van der Waals surface area contributed by atoms with E-state index in [1.54, 1.807) is 22.9 Å². The summed E-state index contributed by atoms with van der Waals surface area (Å²) in [7, 11) is 0. The van der Waals surface area contributed by atoms with Crippen LogP contribution in [0.25, 0.3) is 10.9 Å². The van der Waals surface area contributed by atoms with Crippen LogP contribution in [-0.2, 0) is 11.3 Å². The molecular weight excluding hydrogens is 286 g/mol. The van der Waals surface area contributed by atoms with Gasteiger partial charge in [0.05, 0.1) is 5.52 Å². The molecule has 0 fully saturated rings. The summed E-state index contributed by atoms with van der Waals surface area (Å²) in [5, 5.41) is 0.562. The molecule has 0 aliphatic carbocycles. The van der Waals surface area contributed by atoms with Gasteiger partial charge in [0, 0.05) is 22.1 Å². The fraction of sp³-hybridized carbons (Fsp3) is 0.0909. The number of halogens is 1. The first-order chi connectivity index (χ1) is 8.11. The Hall–Kier alpha value is -1.66. The van der Waals surface area contributed by atoms with E-state index in [1.807, 2.05) is 6.07 Å². The topological polar surface area (TPSA) is 77.1 Å². The van der Waals surface area contributed by atoms with Crippen LogP contribution in [0, 0.1) is 0 Å². The molecule has 0 spiro atoms. The van der Waals surface area contributed by atoms with Crippen LogP contribution in [0.1, 0.15) is 0 Å². The first-order valence-corrected chi connectivity index (χ1v) is 5.69. The van der Waals surface area contributed by atoms with Gasteiger partial charge in [0.25, 0.3) is 5.91 Å². The van der Waals surface area contributed by atoms with Crippen molar-refractivity contribution in [1.29, 1.82) is 0 Å². The molecule has 0 saturated carbocycles. The molecule has 3 N–H and O–H groups in total. The maximum Gasteiger partial charge on any atom is 0.253 e. The monoisotopic (exact) mass is 295 g/mol. The van der Waals surface area contributed by atoms with E-state index in [-0.39, 0.29) is 17.9 Å². The summed E-state index contributed by atoms with van der Waals surface area (Å²) in [6.07, 6.45) is 1.58. The Bertz CT molecular complexity index is 636. The highest BCUT2D eigenvalue weighted by molar-refractivity contribution is 9.10. The summed E-state index contributed by atoms with van der Waals surface area (Å²) in [5.74, 6) is 4.71. The molecule has 0 aliphatic heterocycles. The molecule has 2 rings (SSSR count). The number of hydrogen-bond acceptors (Lipinski definition) is 3. The number of carbonyl (C=O) groups is 1. The molecule has 1 aromatic carbocycles. The predicted octanol–water partition coefficient (Wildman–Crippen LogP) is 0.754. The molecule has 1 amide bonds. The van der Waals surface area contributed by atoms with Gasteiger partial charge in [-0.25, -0.2) is 5.84 Å². The summed E-state index contributed by atoms with van der Waals surface area (Å²) in [4.78, 5) is 22.9. The van der Waals surface area contributed by atoms with Gasteiger partial charge < -0.3 is 4.57 Å². The van der Waals surface area contributed by atoms with E-state index < -0.39 is 0 Å². The van der Waals surface area contributed by atoms with Crippen molar-refractivity contribution in [3.63, 3.8) is 0 Å². The van der Waals surface area contributed by atoms with Crippen molar-refractivity contribution in [1.82, 2.24) is 9.99 Å². The van der Waals surface area contributed by atoms with Gasteiger partial charge in [-0.15, -0.1) is 0 Å². The average molecular weight is 296 g/mol. The number of benzene rings is 1. The maximum atomic E-state index is 11.7. The quantitative estimate of drug-likeness (QED) is 0.488. The van der Waals surface area contributed by atoms with E-state index in [2.05, 4.69) is 21.4 Å². The van der Waals surface area contributed by atoms with Gasteiger partial charge in [-0.3, -0.25) is 15.0 Å². The Labute approximate surface area is 105 Å². The Morgan fingerprint density at radius 3 is 2.88 bits per heavy atom. The molecule has 1 heterocycles. The van der Waals surface area contributed by atoms with E-state index in [0.717, 1.165) is 4.47 Å². The van der Waals surface area contributed by atoms with Crippen LogP contribution in [0.5, 0.6) is 0 Å². The number of hydrazine groups is 1. The Kier molecular flexibility index (Phi) is 3.26. The SMILES string of the molecule is NNC(=O)Cn1ccc(=O)c2cc(Br)ccc21. The molecule has 0 bridgehead atoms. The number of rotatable bonds is 2. The third kappa shape index (κ3) is 2.37. The zero-order valence-corrected chi connectivity index (χ0v) is 10.4. The molecular formula is C11H10BrN3O2. The van der Waals surface area contributed by atoms with Crippen LogP contribution >= 0.6 is 15.9 Å². The van der Waals surface area contributed by atoms with E-state index in [9.17, 15) is 9.59 Å². The highest BCUT2D eigenvalue weighted by Gasteiger charge is 2.06. The number of nitrogens with one attached hydrogen (secondary N) is 1. The van der Waals surface area contributed by atoms with Gasteiger partial charge in [-0.2, -0.15) is 0 Å². The van der Waals surface area contributed by atoms with E-state index in [4.69, 9.17) is 5.84 Å². The van der Waals surface area contributed by atoms with E-state index in [0.29, 0.717) is 10.9 Å². The average Bonchev–Trinajstić information content (AvgIpc) is 2.33. The zero-order chi connectivity index (χ0) is 12.4. The molecule has 0 aliphatic rings. The van der Waals surface area contributed by atoms with Gasteiger partial charge in [0.2, 0.25) is 0 Å². The lowest BCUT2D eigenvalue weighted by atomic mass is 10.2. The maximum absolute atomic E-state index is 11.7. The molecule has 17 heavy (non-hydrogen) atoms. The molecule has 0 radical (unpaired) electrons. The third-order valence-electron chi connectivity index (χ3n) is 2.41. The summed E-state index contributed by atoms with van der Waals surface area (Å²) >= 11 is 3.31. The highest BCUT2D eigenvalue weighted by Crippen LogP contribution is 2.16. The largest absolute Gasteiger partial charge is 0.338 e. The van der Waals surface area contributed by atoms with Crippen LogP contribution in [0.3, 0.4) is 0 Å². The minimum atomic E-state index is -0.321. The first-order valence-electron chi connectivity index (χ1n) is 4.90. The van der Waals surface area contributed by atoms with Crippen molar-refractivity contribution in [2.75, 3.05) is 0 Å². The number of hydrogen-bond donors (Lipinski definition) is 2. The molecule has 6 heteroatoms. The number of aromatic nitrogens is 1. The minimum Gasteiger partial charge on any atom is -0.338 e. The van der Waals surface area contributed by atoms with Crippen molar-refractivity contribution in [2.45, 2.75) is 6.54 Å².